The van der Waals surface area contributed by atoms with Gasteiger partial charge in [-0.25, -0.2) is 0 Å². The maximum absolute atomic E-state index is 8.88. The molecule has 0 aliphatic carbocycles. The van der Waals surface area contributed by atoms with E-state index in [1.54, 1.807) is 0 Å². The lowest BCUT2D eigenvalue weighted by Crippen LogP contribution is -2.12. The summed E-state index contributed by atoms with van der Waals surface area (Å²) >= 11 is 0. The Morgan fingerprint density at radius 3 is 2.41 bits per heavy atom. The first kappa shape index (κ1) is 11.6. The summed E-state index contributed by atoms with van der Waals surface area (Å²) in [6.45, 7) is 1.88. The number of hydroxylamine groups is 1. The molecule has 0 aliphatic heterocycles. The second-order valence-corrected chi connectivity index (χ2v) is 3.84. The van der Waals surface area contributed by atoms with Crippen LogP contribution in [0.5, 0.6) is 11.5 Å². The average Bonchev–Trinajstić information content (AvgIpc) is 2.39. The third-order valence-electron chi connectivity index (χ3n) is 2.53. The molecule has 0 heterocycles. The zero-order valence-electron chi connectivity index (χ0n) is 9.63. The molecule has 0 fully saturated rings. The number of benzene rings is 2. The minimum absolute atomic E-state index is 0.116. The molecule has 17 heavy (non-hydrogen) atoms. The first-order valence-electron chi connectivity index (χ1n) is 5.52. The van der Waals surface area contributed by atoms with Gasteiger partial charge in [0.2, 0.25) is 0 Å². The van der Waals surface area contributed by atoms with E-state index in [0.717, 1.165) is 17.1 Å². The van der Waals surface area contributed by atoms with E-state index >= 15 is 0 Å². The lowest BCUT2D eigenvalue weighted by molar-refractivity contribution is 0.133. The fraction of sp³-hybridized carbons (Fsp3) is 0.143. The molecule has 88 valence electrons. The number of hydrogen-bond donors (Lipinski definition) is 2. The number of rotatable bonds is 4. The molecule has 0 saturated carbocycles. The SMILES string of the molecule is CC(NO)c1cccc(Oc2ccccc2)c1. The van der Waals surface area contributed by atoms with Crippen LogP contribution >= 0.6 is 0 Å². The molecule has 2 aromatic carbocycles. The van der Waals surface area contributed by atoms with Gasteiger partial charge in [-0.2, -0.15) is 5.48 Å². The predicted molar refractivity (Wildman–Crippen MR) is 66.3 cm³/mol. The van der Waals surface area contributed by atoms with Crippen molar-refractivity contribution in [3.8, 4) is 11.5 Å². The summed E-state index contributed by atoms with van der Waals surface area (Å²) in [5.74, 6) is 1.56. The van der Waals surface area contributed by atoms with Gasteiger partial charge in [0.1, 0.15) is 11.5 Å². The van der Waals surface area contributed by atoms with Gasteiger partial charge >= 0.3 is 0 Å². The van der Waals surface area contributed by atoms with Crippen molar-refractivity contribution in [2.45, 2.75) is 13.0 Å². The fourth-order valence-corrected chi connectivity index (χ4v) is 1.55. The highest BCUT2D eigenvalue weighted by atomic mass is 16.5. The van der Waals surface area contributed by atoms with Crippen LogP contribution < -0.4 is 10.2 Å². The fourth-order valence-electron chi connectivity index (χ4n) is 1.55. The Morgan fingerprint density at radius 1 is 1.00 bits per heavy atom. The van der Waals surface area contributed by atoms with Crippen molar-refractivity contribution in [3.63, 3.8) is 0 Å². The van der Waals surface area contributed by atoms with Crippen LogP contribution in [0.25, 0.3) is 0 Å². The Labute approximate surface area is 101 Å². The van der Waals surface area contributed by atoms with E-state index in [1.807, 2.05) is 61.5 Å². The molecule has 0 spiro atoms. The molecule has 0 aliphatic rings. The molecule has 0 saturated heterocycles. The molecule has 0 radical (unpaired) electrons. The molecule has 0 aromatic heterocycles. The van der Waals surface area contributed by atoms with Crippen molar-refractivity contribution in [2.75, 3.05) is 0 Å². The van der Waals surface area contributed by atoms with E-state index in [9.17, 15) is 0 Å². The van der Waals surface area contributed by atoms with Crippen LogP contribution in [0.15, 0.2) is 54.6 Å². The normalized spacial score (nSPS) is 12.1. The summed E-state index contributed by atoms with van der Waals surface area (Å²) in [6.07, 6.45) is 0. The standard InChI is InChI=1S/C14H15NO2/c1-11(15-16)12-6-5-9-14(10-12)17-13-7-3-2-4-8-13/h2-11,15-16H,1H3. The second-order valence-electron chi connectivity index (χ2n) is 3.84. The first-order chi connectivity index (χ1) is 8.29. The van der Waals surface area contributed by atoms with Crippen LogP contribution in [0.4, 0.5) is 0 Å². The number of hydrogen-bond acceptors (Lipinski definition) is 3. The Bertz CT molecular complexity index is 471. The van der Waals surface area contributed by atoms with Crippen molar-refractivity contribution in [2.24, 2.45) is 0 Å². The third kappa shape index (κ3) is 3.06. The highest BCUT2D eigenvalue weighted by Crippen LogP contribution is 2.24. The molecule has 0 bridgehead atoms. The summed E-state index contributed by atoms with van der Waals surface area (Å²) < 4.78 is 5.70. The predicted octanol–water partition coefficient (Wildman–Crippen LogP) is 3.52. The number of nitrogens with one attached hydrogen (secondary N) is 1. The number of ether oxygens (including phenoxy) is 1. The summed E-state index contributed by atoms with van der Waals surface area (Å²) in [6, 6.07) is 17.1. The lowest BCUT2D eigenvalue weighted by atomic mass is 10.1. The van der Waals surface area contributed by atoms with Crippen LogP contribution in [-0.2, 0) is 0 Å². The van der Waals surface area contributed by atoms with Gasteiger partial charge < -0.3 is 9.94 Å². The van der Waals surface area contributed by atoms with Crippen LogP contribution in [-0.4, -0.2) is 5.21 Å². The summed E-state index contributed by atoms with van der Waals surface area (Å²) in [4.78, 5) is 0. The van der Waals surface area contributed by atoms with Gasteiger partial charge in [-0.05, 0) is 36.8 Å². The quantitative estimate of drug-likeness (QED) is 0.788. The third-order valence-corrected chi connectivity index (χ3v) is 2.53. The Kier molecular flexibility index (Phi) is 3.75. The van der Waals surface area contributed by atoms with Gasteiger partial charge in [-0.1, -0.05) is 30.3 Å². The summed E-state index contributed by atoms with van der Waals surface area (Å²) in [5, 5.41) is 8.88. The maximum Gasteiger partial charge on any atom is 0.127 e. The zero-order valence-corrected chi connectivity index (χ0v) is 9.63. The summed E-state index contributed by atoms with van der Waals surface area (Å²) in [5.41, 5.74) is 3.19. The van der Waals surface area contributed by atoms with E-state index in [1.165, 1.54) is 0 Å². The van der Waals surface area contributed by atoms with Crippen LogP contribution in [0.2, 0.25) is 0 Å². The first-order valence-corrected chi connectivity index (χ1v) is 5.52. The molecule has 2 aromatic rings. The van der Waals surface area contributed by atoms with Crippen molar-refractivity contribution in [1.82, 2.24) is 5.48 Å². The molecular weight excluding hydrogens is 214 g/mol. The van der Waals surface area contributed by atoms with Gasteiger partial charge in [0.25, 0.3) is 0 Å². The van der Waals surface area contributed by atoms with Crippen LogP contribution in [0.3, 0.4) is 0 Å². The van der Waals surface area contributed by atoms with Crippen molar-refractivity contribution in [1.29, 1.82) is 0 Å². The molecule has 1 atom stereocenters. The zero-order chi connectivity index (χ0) is 12.1. The molecular formula is C14H15NO2. The minimum Gasteiger partial charge on any atom is -0.457 e. The van der Waals surface area contributed by atoms with Crippen LogP contribution in [0, 0.1) is 0 Å². The average molecular weight is 229 g/mol. The molecule has 1 unspecified atom stereocenters. The Morgan fingerprint density at radius 2 is 1.71 bits per heavy atom. The van der Waals surface area contributed by atoms with E-state index < -0.39 is 0 Å². The molecule has 3 nitrogen and oxygen atoms in total. The molecule has 3 heteroatoms. The topological polar surface area (TPSA) is 41.5 Å². The van der Waals surface area contributed by atoms with Gasteiger partial charge in [0.05, 0.1) is 6.04 Å². The minimum atomic E-state index is -0.116. The van der Waals surface area contributed by atoms with E-state index in [0.29, 0.717) is 0 Å². The van der Waals surface area contributed by atoms with E-state index in [4.69, 9.17) is 9.94 Å². The molecule has 2 N–H and O–H groups in total. The van der Waals surface area contributed by atoms with Gasteiger partial charge in [-0.3, -0.25) is 0 Å². The van der Waals surface area contributed by atoms with E-state index in [2.05, 4.69) is 5.48 Å². The maximum atomic E-state index is 8.88. The van der Waals surface area contributed by atoms with Crippen molar-refractivity contribution >= 4 is 0 Å². The monoisotopic (exact) mass is 229 g/mol. The van der Waals surface area contributed by atoms with E-state index in [-0.39, 0.29) is 6.04 Å². The smallest absolute Gasteiger partial charge is 0.127 e. The van der Waals surface area contributed by atoms with Crippen molar-refractivity contribution in [3.05, 3.63) is 60.2 Å². The highest BCUT2D eigenvalue weighted by Gasteiger charge is 2.04. The van der Waals surface area contributed by atoms with Crippen molar-refractivity contribution < 1.29 is 9.94 Å². The highest BCUT2D eigenvalue weighted by molar-refractivity contribution is 5.34. The largest absolute Gasteiger partial charge is 0.457 e. The Balaban J connectivity index is 2.17. The van der Waals surface area contributed by atoms with Gasteiger partial charge in [0.15, 0.2) is 0 Å². The second kappa shape index (κ2) is 5.48. The summed E-state index contributed by atoms with van der Waals surface area (Å²) in [7, 11) is 0. The molecule has 0 amide bonds. The lowest BCUT2D eigenvalue weighted by Gasteiger charge is -2.11. The van der Waals surface area contributed by atoms with Gasteiger partial charge in [0, 0.05) is 0 Å². The van der Waals surface area contributed by atoms with Gasteiger partial charge in [-0.15, -0.1) is 0 Å². The number of para-hydroxylation sites is 1. The van der Waals surface area contributed by atoms with Crippen LogP contribution in [0.1, 0.15) is 18.5 Å². The molecule has 2 rings (SSSR count). The Hall–Kier alpha value is -1.84.